The van der Waals surface area contributed by atoms with Gasteiger partial charge in [0.25, 0.3) is 0 Å². The molecule has 2 unspecified atom stereocenters. The molecule has 2 rings (SSSR count). The zero-order valence-corrected chi connectivity index (χ0v) is 11.9. The Morgan fingerprint density at radius 1 is 1.41 bits per heavy atom. The Morgan fingerprint density at radius 3 is 2.82 bits per heavy atom. The summed E-state index contributed by atoms with van der Waals surface area (Å²) >= 11 is 3.58. The number of nitrogens with zero attached hydrogens (tertiary/aromatic N) is 2. The maximum atomic E-state index is 10.1. The fourth-order valence-corrected chi connectivity index (χ4v) is 2.99. The first-order valence-electron chi connectivity index (χ1n) is 6.13. The zero-order chi connectivity index (χ0) is 12.4. The average Bonchev–Trinajstić information content (AvgIpc) is 2.32. The molecule has 1 fully saturated rings. The van der Waals surface area contributed by atoms with E-state index in [1.165, 1.54) is 12.0 Å². The van der Waals surface area contributed by atoms with Gasteiger partial charge in [-0.15, -0.1) is 0 Å². The average molecular weight is 299 g/mol. The molecule has 2 atom stereocenters. The highest BCUT2D eigenvalue weighted by atomic mass is 79.9. The van der Waals surface area contributed by atoms with E-state index in [2.05, 4.69) is 32.7 Å². The number of aryl methyl sites for hydroxylation is 1. The molecule has 1 aliphatic carbocycles. The summed E-state index contributed by atoms with van der Waals surface area (Å²) in [5, 5.41) is 10.1. The van der Waals surface area contributed by atoms with Gasteiger partial charge in [-0.3, -0.25) is 0 Å². The second-order valence-electron chi connectivity index (χ2n) is 4.80. The Morgan fingerprint density at radius 2 is 2.12 bits per heavy atom. The Balaban J connectivity index is 2.23. The molecule has 1 aliphatic rings. The molecule has 1 saturated carbocycles. The van der Waals surface area contributed by atoms with Crippen molar-refractivity contribution < 1.29 is 5.11 Å². The smallest absolute Gasteiger partial charge is 0.143 e. The van der Waals surface area contributed by atoms with Gasteiger partial charge < -0.3 is 10.0 Å². The largest absolute Gasteiger partial charge is 0.391 e. The lowest BCUT2D eigenvalue weighted by Gasteiger charge is -2.36. The monoisotopic (exact) mass is 298 g/mol. The van der Waals surface area contributed by atoms with Gasteiger partial charge in [0, 0.05) is 13.2 Å². The normalized spacial score (nSPS) is 24.7. The van der Waals surface area contributed by atoms with E-state index >= 15 is 0 Å². The number of hydrogen-bond donors (Lipinski definition) is 1. The highest BCUT2D eigenvalue weighted by molar-refractivity contribution is 9.10. The number of aliphatic hydroxyl groups is 1. The fourth-order valence-electron chi connectivity index (χ4n) is 2.47. The topological polar surface area (TPSA) is 36.4 Å². The van der Waals surface area contributed by atoms with Crippen LogP contribution in [-0.2, 0) is 0 Å². The van der Waals surface area contributed by atoms with Crippen LogP contribution < -0.4 is 4.90 Å². The molecule has 0 saturated heterocycles. The van der Waals surface area contributed by atoms with Crippen molar-refractivity contribution in [3.8, 4) is 0 Å². The molecule has 1 N–H and O–H groups in total. The van der Waals surface area contributed by atoms with E-state index < -0.39 is 0 Å². The summed E-state index contributed by atoms with van der Waals surface area (Å²) in [6.07, 6.45) is 5.85. The van der Waals surface area contributed by atoms with Crippen LogP contribution in [-0.4, -0.2) is 29.3 Å². The number of aliphatic hydroxyl groups excluding tert-OH is 1. The first kappa shape index (κ1) is 12.8. The van der Waals surface area contributed by atoms with Gasteiger partial charge in [-0.2, -0.15) is 0 Å². The number of anilines is 1. The number of rotatable bonds is 2. The summed E-state index contributed by atoms with van der Waals surface area (Å²) in [6, 6.07) is 2.17. The molecule has 1 heterocycles. The van der Waals surface area contributed by atoms with Crippen LogP contribution in [0, 0.1) is 6.92 Å². The van der Waals surface area contributed by atoms with Crippen LogP contribution in [0.1, 0.15) is 31.2 Å². The molecule has 4 heteroatoms. The van der Waals surface area contributed by atoms with Gasteiger partial charge in [0.2, 0.25) is 0 Å². The van der Waals surface area contributed by atoms with Gasteiger partial charge in [-0.25, -0.2) is 4.98 Å². The molecule has 94 valence electrons. The van der Waals surface area contributed by atoms with Crippen molar-refractivity contribution in [2.24, 2.45) is 0 Å². The molecule has 3 nitrogen and oxygen atoms in total. The summed E-state index contributed by atoms with van der Waals surface area (Å²) in [6.45, 7) is 2.06. The molecule has 0 amide bonds. The predicted octanol–water partition coefficient (Wildman–Crippen LogP) is 2.89. The minimum Gasteiger partial charge on any atom is -0.391 e. The molecule has 1 aromatic rings. The van der Waals surface area contributed by atoms with Gasteiger partial charge in [0.05, 0.1) is 16.6 Å². The maximum Gasteiger partial charge on any atom is 0.143 e. The van der Waals surface area contributed by atoms with E-state index in [0.29, 0.717) is 0 Å². The minimum atomic E-state index is -0.233. The molecular formula is C13H19BrN2O. The molecule has 1 aromatic heterocycles. The Labute approximate surface area is 111 Å². The third kappa shape index (κ3) is 2.63. The third-order valence-corrected chi connectivity index (χ3v) is 4.57. The van der Waals surface area contributed by atoms with Crippen molar-refractivity contribution in [1.82, 2.24) is 4.98 Å². The van der Waals surface area contributed by atoms with Crippen molar-refractivity contribution in [1.29, 1.82) is 0 Å². The van der Waals surface area contributed by atoms with Crippen molar-refractivity contribution in [3.05, 3.63) is 22.3 Å². The van der Waals surface area contributed by atoms with Gasteiger partial charge in [0.1, 0.15) is 5.82 Å². The van der Waals surface area contributed by atoms with Crippen molar-refractivity contribution >= 4 is 21.7 Å². The van der Waals surface area contributed by atoms with E-state index in [9.17, 15) is 5.11 Å². The molecule has 17 heavy (non-hydrogen) atoms. The zero-order valence-electron chi connectivity index (χ0n) is 10.4. The second kappa shape index (κ2) is 5.36. The van der Waals surface area contributed by atoms with Crippen LogP contribution in [0.3, 0.4) is 0 Å². The third-order valence-electron chi connectivity index (χ3n) is 3.59. The van der Waals surface area contributed by atoms with E-state index in [1.807, 2.05) is 19.3 Å². The van der Waals surface area contributed by atoms with E-state index in [1.54, 1.807) is 0 Å². The Hall–Kier alpha value is -0.610. The lowest BCUT2D eigenvalue weighted by Crippen LogP contribution is -2.44. The van der Waals surface area contributed by atoms with Crippen LogP contribution in [0.25, 0.3) is 0 Å². The van der Waals surface area contributed by atoms with Crippen LogP contribution in [0.4, 0.5) is 5.82 Å². The number of halogens is 1. The second-order valence-corrected chi connectivity index (χ2v) is 5.59. The summed E-state index contributed by atoms with van der Waals surface area (Å²) in [5.41, 5.74) is 1.17. The van der Waals surface area contributed by atoms with Crippen LogP contribution in [0.15, 0.2) is 16.7 Å². The van der Waals surface area contributed by atoms with E-state index in [4.69, 9.17) is 0 Å². The van der Waals surface area contributed by atoms with E-state index in [0.717, 1.165) is 29.6 Å². The molecule has 0 radical (unpaired) electrons. The SMILES string of the molecule is Cc1ccnc(N(C)C2CCCCC2O)c1Br. The molecular weight excluding hydrogens is 280 g/mol. The number of likely N-dealkylation sites (N-methyl/N-ethyl adjacent to an activating group) is 1. The lowest BCUT2D eigenvalue weighted by molar-refractivity contribution is 0.106. The summed E-state index contributed by atoms with van der Waals surface area (Å²) < 4.78 is 1.03. The molecule has 0 aliphatic heterocycles. The van der Waals surface area contributed by atoms with Crippen LogP contribution in [0.5, 0.6) is 0 Å². The summed E-state index contributed by atoms with van der Waals surface area (Å²) in [5.74, 6) is 0.927. The molecule has 0 bridgehead atoms. The van der Waals surface area contributed by atoms with E-state index in [-0.39, 0.29) is 12.1 Å². The van der Waals surface area contributed by atoms with Gasteiger partial charge in [0.15, 0.2) is 0 Å². The van der Waals surface area contributed by atoms with Gasteiger partial charge in [-0.1, -0.05) is 12.8 Å². The Bertz CT molecular complexity index is 397. The number of aromatic nitrogens is 1. The van der Waals surface area contributed by atoms with Crippen molar-refractivity contribution in [2.75, 3.05) is 11.9 Å². The number of hydrogen-bond acceptors (Lipinski definition) is 3. The maximum absolute atomic E-state index is 10.1. The fraction of sp³-hybridized carbons (Fsp3) is 0.615. The standard InChI is InChI=1S/C13H19BrN2O/c1-9-7-8-15-13(12(9)14)16(2)10-5-3-4-6-11(10)17/h7-8,10-11,17H,3-6H2,1-2H3. The minimum absolute atomic E-state index is 0.189. The van der Waals surface area contributed by atoms with Gasteiger partial charge >= 0.3 is 0 Å². The van der Waals surface area contributed by atoms with Crippen LogP contribution in [0.2, 0.25) is 0 Å². The first-order valence-corrected chi connectivity index (χ1v) is 6.92. The van der Waals surface area contributed by atoms with Crippen molar-refractivity contribution in [3.63, 3.8) is 0 Å². The lowest BCUT2D eigenvalue weighted by atomic mass is 9.91. The van der Waals surface area contributed by atoms with Crippen molar-refractivity contribution in [2.45, 2.75) is 44.8 Å². The molecule has 0 spiro atoms. The quantitative estimate of drug-likeness (QED) is 0.912. The Kier molecular flexibility index (Phi) is 4.05. The van der Waals surface area contributed by atoms with Gasteiger partial charge in [-0.05, 0) is 47.3 Å². The first-order chi connectivity index (χ1) is 8.11. The predicted molar refractivity (Wildman–Crippen MR) is 73.3 cm³/mol. The van der Waals surface area contributed by atoms with Crippen LogP contribution >= 0.6 is 15.9 Å². The summed E-state index contributed by atoms with van der Waals surface area (Å²) in [7, 11) is 2.02. The highest BCUT2D eigenvalue weighted by Crippen LogP contribution is 2.31. The number of pyridine rings is 1. The molecule has 0 aromatic carbocycles. The highest BCUT2D eigenvalue weighted by Gasteiger charge is 2.28. The summed E-state index contributed by atoms with van der Waals surface area (Å²) in [4.78, 5) is 6.53.